The average Bonchev–Trinajstić information content (AvgIpc) is 3.28. The molecule has 0 saturated heterocycles. The Kier molecular flexibility index (Phi) is 3.59. The van der Waals surface area contributed by atoms with Gasteiger partial charge in [0.05, 0.1) is 17.1 Å². The highest BCUT2D eigenvalue weighted by atomic mass is 16.1. The van der Waals surface area contributed by atoms with Gasteiger partial charge in [0.1, 0.15) is 5.82 Å². The lowest BCUT2D eigenvalue weighted by molar-refractivity contribution is 0.0932. The lowest BCUT2D eigenvalue weighted by Crippen LogP contribution is -2.29. The fraction of sp³-hybridized carbons (Fsp3) is 0.364. The number of nitrogens with one attached hydrogen (secondary N) is 1. The van der Waals surface area contributed by atoms with Gasteiger partial charge in [-0.05, 0) is 55.9 Å². The number of benzene rings is 2. The molecule has 132 valence electrons. The number of nitrogens with zero attached hydrogens (tertiary/aromatic N) is 2. The molecule has 0 radical (unpaired) electrons. The number of carbonyl (C=O) groups excluding carboxylic acids is 1. The van der Waals surface area contributed by atoms with Gasteiger partial charge in [0.15, 0.2) is 0 Å². The molecule has 1 fully saturated rings. The molecule has 1 N–H and O–H groups in total. The minimum Gasteiger partial charge on any atom is -0.345 e. The van der Waals surface area contributed by atoms with Crippen LogP contribution in [0, 0.1) is 12.8 Å². The van der Waals surface area contributed by atoms with Crippen LogP contribution in [0.5, 0.6) is 0 Å². The normalized spacial score (nSPS) is 17.3. The Morgan fingerprint density at radius 2 is 2.00 bits per heavy atom. The summed E-state index contributed by atoms with van der Waals surface area (Å²) >= 11 is 0. The van der Waals surface area contributed by atoms with Gasteiger partial charge >= 0.3 is 0 Å². The summed E-state index contributed by atoms with van der Waals surface area (Å²) in [6.45, 7) is 3.10. The third-order valence-electron chi connectivity index (χ3n) is 5.69. The number of hydrogen-bond donors (Lipinski definition) is 1. The second kappa shape index (κ2) is 5.97. The zero-order valence-corrected chi connectivity index (χ0v) is 15.0. The summed E-state index contributed by atoms with van der Waals surface area (Å²) in [6.07, 6.45) is 4.56. The fourth-order valence-electron chi connectivity index (χ4n) is 4.05. The summed E-state index contributed by atoms with van der Waals surface area (Å²) in [5, 5.41) is 3.29. The van der Waals surface area contributed by atoms with Crippen molar-refractivity contribution in [3.8, 4) is 0 Å². The van der Waals surface area contributed by atoms with Crippen molar-refractivity contribution < 1.29 is 4.79 Å². The molecule has 1 amide bonds. The molecular weight excluding hydrogens is 322 g/mol. The molecule has 4 heteroatoms. The number of fused-ring (bicyclic) bond motifs is 3. The van der Waals surface area contributed by atoms with Gasteiger partial charge in [-0.15, -0.1) is 0 Å². The predicted octanol–water partition coefficient (Wildman–Crippen LogP) is 4.17. The molecule has 26 heavy (non-hydrogen) atoms. The van der Waals surface area contributed by atoms with Gasteiger partial charge in [-0.1, -0.05) is 29.8 Å². The van der Waals surface area contributed by atoms with Gasteiger partial charge in [-0.25, -0.2) is 4.98 Å². The number of rotatable bonds is 4. The van der Waals surface area contributed by atoms with E-state index in [0.29, 0.717) is 5.92 Å². The summed E-state index contributed by atoms with van der Waals surface area (Å²) < 4.78 is 2.25. The van der Waals surface area contributed by atoms with Crippen molar-refractivity contribution in [2.75, 3.05) is 0 Å². The summed E-state index contributed by atoms with van der Waals surface area (Å²) in [7, 11) is 0. The zero-order valence-electron chi connectivity index (χ0n) is 15.0. The van der Waals surface area contributed by atoms with Gasteiger partial charge in [-0.3, -0.25) is 4.79 Å². The Hall–Kier alpha value is -2.62. The van der Waals surface area contributed by atoms with E-state index in [1.807, 2.05) is 18.2 Å². The highest BCUT2D eigenvalue weighted by molar-refractivity contribution is 5.97. The first-order valence-electron chi connectivity index (χ1n) is 9.55. The van der Waals surface area contributed by atoms with Gasteiger partial charge in [-0.2, -0.15) is 0 Å². The molecule has 1 aromatic heterocycles. The molecule has 1 atom stereocenters. The molecule has 2 aromatic carbocycles. The molecule has 1 aliphatic carbocycles. The average molecular weight is 345 g/mol. The Bertz CT molecular complexity index is 983. The SMILES string of the molecule is Cc1ccc([C@H](NC(=O)c2ccc3nc4n(c3c2)CCC4)C2CC2)cc1. The third kappa shape index (κ3) is 2.70. The third-order valence-corrected chi connectivity index (χ3v) is 5.69. The number of aromatic nitrogens is 2. The van der Waals surface area contributed by atoms with Crippen molar-refractivity contribution in [1.82, 2.24) is 14.9 Å². The van der Waals surface area contributed by atoms with Gasteiger partial charge in [0, 0.05) is 18.5 Å². The first kappa shape index (κ1) is 15.6. The van der Waals surface area contributed by atoms with Gasteiger partial charge in [0.2, 0.25) is 0 Å². The van der Waals surface area contributed by atoms with Crippen molar-refractivity contribution in [1.29, 1.82) is 0 Å². The van der Waals surface area contributed by atoms with Crippen LogP contribution in [0.25, 0.3) is 11.0 Å². The number of carbonyl (C=O) groups is 1. The largest absolute Gasteiger partial charge is 0.345 e. The van der Waals surface area contributed by atoms with E-state index in [4.69, 9.17) is 0 Å². The molecule has 2 heterocycles. The van der Waals surface area contributed by atoms with Crippen LogP contribution in [0.3, 0.4) is 0 Å². The van der Waals surface area contributed by atoms with E-state index >= 15 is 0 Å². The lowest BCUT2D eigenvalue weighted by atomic mass is 10.0. The van der Waals surface area contributed by atoms with Crippen molar-refractivity contribution in [3.05, 3.63) is 65.0 Å². The maximum Gasteiger partial charge on any atom is 0.251 e. The second-order valence-corrected chi connectivity index (χ2v) is 7.69. The van der Waals surface area contributed by atoms with Crippen LogP contribution in [0.15, 0.2) is 42.5 Å². The van der Waals surface area contributed by atoms with Crippen LogP contribution in [-0.2, 0) is 13.0 Å². The highest BCUT2D eigenvalue weighted by Crippen LogP contribution is 2.41. The maximum absolute atomic E-state index is 13.0. The summed E-state index contributed by atoms with van der Waals surface area (Å²) in [5.74, 6) is 1.72. The number of imidazole rings is 1. The van der Waals surface area contributed by atoms with Gasteiger partial charge in [0.25, 0.3) is 5.91 Å². The van der Waals surface area contributed by atoms with E-state index in [1.54, 1.807) is 0 Å². The van der Waals surface area contributed by atoms with Crippen LogP contribution in [0.4, 0.5) is 0 Å². The second-order valence-electron chi connectivity index (χ2n) is 7.69. The van der Waals surface area contributed by atoms with Crippen LogP contribution in [-0.4, -0.2) is 15.5 Å². The van der Waals surface area contributed by atoms with E-state index in [2.05, 4.69) is 46.1 Å². The van der Waals surface area contributed by atoms with Crippen LogP contribution in [0.2, 0.25) is 0 Å². The van der Waals surface area contributed by atoms with Crippen LogP contribution < -0.4 is 5.32 Å². The van der Waals surface area contributed by atoms with Crippen LogP contribution in [0.1, 0.15) is 52.6 Å². The molecule has 1 aliphatic heterocycles. The summed E-state index contributed by atoms with van der Waals surface area (Å²) in [5.41, 5.74) is 5.26. The quantitative estimate of drug-likeness (QED) is 0.771. The van der Waals surface area contributed by atoms with E-state index < -0.39 is 0 Å². The summed E-state index contributed by atoms with van der Waals surface area (Å²) in [4.78, 5) is 17.6. The molecule has 3 aromatic rings. The Balaban J connectivity index is 1.43. The zero-order chi connectivity index (χ0) is 17.7. The number of hydrogen-bond acceptors (Lipinski definition) is 2. The number of aryl methyl sites for hydroxylation is 3. The monoisotopic (exact) mass is 345 g/mol. The molecule has 1 saturated carbocycles. The first-order valence-corrected chi connectivity index (χ1v) is 9.55. The summed E-state index contributed by atoms with van der Waals surface area (Å²) in [6, 6.07) is 14.5. The minimum atomic E-state index is 0.0120. The molecule has 4 nitrogen and oxygen atoms in total. The van der Waals surface area contributed by atoms with E-state index in [-0.39, 0.29) is 11.9 Å². The molecule has 0 spiro atoms. The number of amides is 1. The Labute approximate surface area is 153 Å². The van der Waals surface area contributed by atoms with E-state index in [9.17, 15) is 4.79 Å². The Morgan fingerprint density at radius 1 is 1.19 bits per heavy atom. The van der Waals surface area contributed by atoms with Crippen LogP contribution >= 0.6 is 0 Å². The van der Waals surface area contributed by atoms with E-state index in [0.717, 1.165) is 41.8 Å². The molecule has 0 unspecified atom stereocenters. The van der Waals surface area contributed by atoms with E-state index in [1.165, 1.54) is 24.0 Å². The predicted molar refractivity (Wildman–Crippen MR) is 102 cm³/mol. The molecular formula is C22H23N3O. The lowest BCUT2D eigenvalue weighted by Gasteiger charge is -2.19. The standard InChI is InChI=1S/C22H23N3O/c1-14-4-6-15(7-5-14)21(16-8-9-16)24-22(26)17-10-11-18-19(13-17)25-12-2-3-20(25)23-18/h4-7,10-11,13,16,21H,2-3,8-9,12H2,1H3,(H,24,26)/t21-/m0/s1. The maximum atomic E-state index is 13.0. The van der Waals surface area contributed by atoms with Crippen molar-refractivity contribution in [2.45, 2.75) is 45.2 Å². The molecule has 2 aliphatic rings. The molecule has 5 rings (SSSR count). The van der Waals surface area contributed by atoms with Crippen molar-refractivity contribution in [2.24, 2.45) is 5.92 Å². The minimum absolute atomic E-state index is 0.0120. The van der Waals surface area contributed by atoms with Crippen molar-refractivity contribution >= 4 is 16.9 Å². The van der Waals surface area contributed by atoms with Gasteiger partial charge < -0.3 is 9.88 Å². The Morgan fingerprint density at radius 3 is 2.77 bits per heavy atom. The topological polar surface area (TPSA) is 46.9 Å². The smallest absolute Gasteiger partial charge is 0.251 e. The van der Waals surface area contributed by atoms with Crippen molar-refractivity contribution in [3.63, 3.8) is 0 Å². The first-order chi connectivity index (χ1) is 12.7. The fourth-order valence-corrected chi connectivity index (χ4v) is 4.05. The highest BCUT2D eigenvalue weighted by Gasteiger charge is 2.33. The molecule has 0 bridgehead atoms.